The van der Waals surface area contributed by atoms with Crippen molar-refractivity contribution in [1.29, 1.82) is 0 Å². The first-order valence-electron chi connectivity index (χ1n) is 5.27. The van der Waals surface area contributed by atoms with E-state index in [1.54, 1.807) is 6.07 Å². The molecule has 0 aromatic heterocycles. The second kappa shape index (κ2) is 6.43. The van der Waals surface area contributed by atoms with Crippen LogP contribution in [0.3, 0.4) is 0 Å². The van der Waals surface area contributed by atoms with Crippen molar-refractivity contribution < 1.29 is 9.13 Å². The topological polar surface area (TPSA) is 35.2 Å². The van der Waals surface area contributed by atoms with Crippen molar-refractivity contribution in [2.45, 2.75) is 26.2 Å². The minimum absolute atomic E-state index is 0.274. The Morgan fingerprint density at radius 3 is 2.88 bits per heavy atom. The molecule has 16 heavy (non-hydrogen) atoms. The number of hydrogen-bond donors (Lipinski definition) is 1. The van der Waals surface area contributed by atoms with Crippen molar-refractivity contribution >= 4 is 17.2 Å². The molecule has 0 saturated carbocycles. The number of hydrogen-bond acceptors (Lipinski definition) is 2. The van der Waals surface area contributed by atoms with Gasteiger partial charge >= 0.3 is 0 Å². The lowest BCUT2D eigenvalue weighted by Crippen LogP contribution is -2.08. The van der Waals surface area contributed by atoms with Crippen LogP contribution in [0.25, 0.3) is 0 Å². The average Bonchev–Trinajstić information content (AvgIpc) is 2.22. The van der Waals surface area contributed by atoms with Gasteiger partial charge in [0.15, 0.2) is 0 Å². The van der Waals surface area contributed by atoms with Crippen LogP contribution in [0.15, 0.2) is 18.2 Å². The van der Waals surface area contributed by atoms with E-state index in [1.807, 2.05) is 6.92 Å². The van der Waals surface area contributed by atoms with Gasteiger partial charge in [0, 0.05) is 6.07 Å². The van der Waals surface area contributed by atoms with Crippen molar-refractivity contribution in [2.75, 3.05) is 6.61 Å². The predicted molar refractivity (Wildman–Crippen MR) is 67.3 cm³/mol. The first-order chi connectivity index (χ1) is 7.59. The van der Waals surface area contributed by atoms with Crippen molar-refractivity contribution in [1.82, 2.24) is 0 Å². The van der Waals surface area contributed by atoms with Gasteiger partial charge in [0.2, 0.25) is 0 Å². The number of nitrogens with two attached hydrogens (primary N) is 1. The number of benzene rings is 1. The van der Waals surface area contributed by atoms with Crippen LogP contribution in [0.4, 0.5) is 4.39 Å². The lowest BCUT2D eigenvalue weighted by Gasteiger charge is -2.08. The predicted octanol–water partition coefficient (Wildman–Crippen LogP) is 2.97. The third-order valence-electron chi connectivity index (χ3n) is 2.23. The molecule has 0 spiro atoms. The quantitative estimate of drug-likeness (QED) is 0.614. The summed E-state index contributed by atoms with van der Waals surface area (Å²) in [7, 11) is 0. The zero-order valence-corrected chi connectivity index (χ0v) is 10.1. The molecule has 0 atom stereocenters. The smallest absolute Gasteiger partial charge is 0.126 e. The second-order valence-electron chi connectivity index (χ2n) is 3.68. The van der Waals surface area contributed by atoms with E-state index in [0.717, 1.165) is 24.8 Å². The molecule has 1 rings (SSSR count). The van der Waals surface area contributed by atoms with Crippen LogP contribution in [0.1, 0.15) is 24.8 Å². The molecule has 1 aromatic rings. The van der Waals surface area contributed by atoms with Gasteiger partial charge in [-0.2, -0.15) is 0 Å². The Morgan fingerprint density at radius 1 is 1.44 bits per heavy atom. The van der Waals surface area contributed by atoms with Gasteiger partial charge in [-0.15, -0.1) is 0 Å². The van der Waals surface area contributed by atoms with E-state index in [4.69, 9.17) is 22.7 Å². The van der Waals surface area contributed by atoms with Gasteiger partial charge < -0.3 is 10.5 Å². The van der Waals surface area contributed by atoms with Crippen LogP contribution >= 0.6 is 12.2 Å². The summed E-state index contributed by atoms with van der Waals surface area (Å²) in [5, 5.41) is 0. The number of halogens is 1. The van der Waals surface area contributed by atoms with E-state index >= 15 is 0 Å². The summed E-state index contributed by atoms with van der Waals surface area (Å²) in [6.45, 7) is 2.46. The highest BCUT2D eigenvalue weighted by molar-refractivity contribution is 7.80. The van der Waals surface area contributed by atoms with E-state index in [-0.39, 0.29) is 5.82 Å². The Balaban J connectivity index is 2.31. The van der Waals surface area contributed by atoms with Crippen LogP contribution in [-0.4, -0.2) is 11.6 Å². The van der Waals surface area contributed by atoms with Crippen LogP contribution in [-0.2, 0) is 0 Å². The summed E-state index contributed by atoms with van der Waals surface area (Å²) in [4.78, 5) is 0.530. The molecule has 0 aliphatic rings. The van der Waals surface area contributed by atoms with Gasteiger partial charge in [-0.3, -0.25) is 0 Å². The zero-order chi connectivity index (χ0) is 12.0. The molecular formula is C12H16FNOS. The summed E-state index contributed by atoms with van der Waals surface area (Å²) >= 11 is 4.76. The maximum absolute atomic E-state index is 12.9. The minimum Gasteiger partial charge on any atom is -0.493 e. The third-order valence-corrected chi connectivity index (χ3v) is 2.43. The molecule has 88 valence electrons. The molecule has 0 amide bonds. The van der Waals surface area contributed by atoms with Gasteiger partial charge in [0.1, 0.15) is 11.6 Å². The fourth-order valence-electron chi connectivity index (χ4n) is 1.31. The average molecular weight is 241 g/mol. The molecule has 0 aliphatic carbocycles. The molecule has 0 unspecified atom stereocenters. The number of unbranched alkanes of at least 4 members (excludes halogenated alkanes) is 1. The maximum Gasteiger partial charge on any atom is 0.126 e. The molecule has 0 bridgehead atoms. The maximum atomic E-state index is 12.9. The summed E-state index contributed by atoms with van der Waals surface area (Å²) < 4.78 is 18.4. The first-order valence-corrected chi connectivity index (χ1v) is 5.67. The standard InChI is InChI=1S/C12H16FNOS/c1-9-5-6-10(13)8-11(9)15-7-3-2-4-12(14)16/h5-6,8H,2-4,7H2,1H3,(H2,14,16). The molecule has 2 nitrogen and oxygen atoms in total. The monoisotopic (exact) mass is 241 g/mol. The molecule has 1 aromatic carbocycles. The Labute approximate surface area is 101 Å². The van der Waals surface area contributed by atoms with Gasteiger partial charge in [0.05, 0.1) is 11.6 Å². The summed E-state index contributed by atoms with van der Waals surface area (Å²) in [5.74, 6) is 0.332. The summed E-state index contributed by atoms with van der Waals surface area (Å²) in [6, 6.07) is 4.54. The van der Waals surface area contributed by atoms with Gasteiger partial charge in [-0.1, -0.05) is 18.3 Å². The first kappa shape index (κ1) is 12.9. The Bertz CT molecular complexity index is 368. The van der Waals surface area contributed by atoms with E-state index in [9.17, 15) is 4.39 Å². The third kappa shape index (κ3) is 4.57. The highest BCUT2D eigenvalue weighted by atomic mass is 32.1. The van der Waals surface area contributed by atoms with Crippen LogP contribution < -0.4 is 10.5 Å². The molecule has 4 heteroatoms. The molecular weight excluding hydrogens is 225 g/mol. The highest BCUT2D eigenvalue weighted by Crippen LogP contribution is 2.18. The van der Waals surface area contributed by atoms with Crippen LogP contribution in [0, 0.1) is 12.7 Å². The molecule has 0 fully saturated rings. The second-order valence-corrected chi connectivity index (χ2v) is 4.21. The van der Waals surface area contributed by atoms with Crippen molar-refractivity contribution in [3.05, 3.63) is 29.6 Å². The SMILES string of the molecule is Cc1ccc(F)cc1OCCCCC(N)=S. The van der Waals surface area contributed by atoms with Crippen molar-refractivity contribution in [2.24, 2.45) is 5.73 Å². The molecule has 0 radical (unpaired) electrons. The number of rotatable bonds is 6. The number of ether oxygens (including phenoxy) is 1. The normalized spacial score (nSPS) is 10.1. The van der Waals surface area contributed by atoms with E-state index < -0.39 is 0 Å². The van der Waals surface area contributed by atoms with E-state index in [0.29, 0.717) is 17.3 Å². The fraction of sp³-hybridized carbons (Fsp3) is 0.417. The zero-order valence-electron chi connectivity index (χ0n) is 9.33. The van der Waals surface area contributed by atoms with Gasteiger partial charge in [0.25, 0.3) is 0 Å². The Hall–Kier alpha value is -1.16. The lowest BCUT2D eigenvalue weighted by molar-refractivity contribution is 0.304. The van der Waals surface area contributed by atoms with E-state index in [2.05, 4.69) is 0 Å². The number of aryl methyl sites for hydroxylation is 1. The largest absolute Gasteiger partial charge is 0.493 e. The lowest BCUT2D eigenvalue weighted by atomic mass is 10.2. The Kier molecular flexibility index (Phi) is 5.19. The summed E-state index contributed by atoms with van der Waals surface area (Å²) in [6.07, 6.45) is 2.51. The molecule has 0 saturated heterocycles. The minimum atomic E-state index is -0.274. The van der Waals surface area contributed by atoms with Gasteiger partial charge in [-0.05, 0) is 37.8 Å². The fourth-order valence-corrected chi connectivity index (χ4v) is 1.46. The number of thiocarbonyl (C=S) groups is 1. The Morgan fingerprint density at radius 2 is 2.19 bits per heavy atom. The molecule has 2 N–H and O–H groups in total. The van der Waals surface area contributed by atoms with Crippen molar-refractivity contribution in [3.63, 3.8) is 0 Å². The van der Waals surface area contributed by atoms with Crippen molar-refractivity contribution in [3.8, 4) is 5.75 Å². The summed E-state index contributed by atoms with van der Waals surface area (Å²) in [5.41, 5.74) is 6.31. The van der Waals surface area contributed by atoms with E-state index in [1.165, 1.54) is 12.1 Å². The highest BCUT2D eigenvalue weighted by Gasteiger charge is 2.01. The van der Waals surface area contributed by atoms with Gasteiger partial charge in [-0.25, -0.2) is 4.39 Å². The van der Waals surface area contributed by atoms with Crippen LogP contribution in [0.5, 0.6) is 5.75 Å². The molecule has 0 aliphatic heterocycles. The molecule has 0 heterocycles. The van der Waals surface area contributed by atoms with Crippen LogP contribution in [0.2, 0.25) is 0 Å².